The quantitative estimate of drug-likeness (QED) is 0.511. The molecule has 1 heteroatoms. The largest absolute Gasteiger partial charge is 0.244 e. The molecule has 0 amide bonds. The van der Waals surface area contributed by atoms with Crippen LogP contribution in [0.5, 0.6) is 0 Å². The van der Waals surface area contributed by atoms with Crippen LogP contribution >= 0.6 is 0 Å². The summed E-state index contributed by atoms with van der Waals surface area (Å²) in [5, 5.41) is 0. The lowest BCUT2D eigenvalue weighted by molar-refractivity contribution is 0.139. The van der Waals surface area contributed by atoms with Crippen LogP contribution < -0.4 is 0 Å². The van der Waals surface area contributed by atoms with Crippen LogP contribution in [0.4, 0.5) is 4.39 Å². The SMILES string of the molecule is C[C@@H]1C=C[C@H](C(C)(C)F)CC1. The van der Waals surface area contributed by atoms with Gasteiger partial charge in [0.15, 0.2) is 0 Å². The van der Waals surface area contributed by atoms with Gasteiger partial charge in [0.2, 0.25) is 0 Å². The van der Waals surface area contributed by atoms with Gasteiger partial charge in [-0.2, -0.15) is 0 Å². The molecule has 2 atom stereocenters. The van der Waals surface area contributed by atoms with Crippen molar-refractivity contribution in [1.29, 1.82) is 0 Å². The number of hydrogen-bond acceptors (Lipinski definition) is 0. The van der Waals surface area contributed by atoms with Crippen molar-refractivity contribution in [3.63, 3.8) is 0 Å². The maximum atomic E-state index is 13.4. The molecule has 0 unspecified atom stereocenters. The Morgan fingerprint density at radius 3 is 2.27 bits per heavy atom. The zero-order valence-corrected chi connectivity index (χ0v) is 7.60. The van der Waals surface area contributed by atoms with Crippen molar-refractivity contribution in [2.75, 3.05) is 0 Å². The van der Waals surface area contributed by atoms with E-state index in [-0.39, 0.29) is 5.92 Å². The second-order valence-corrected chi connectivity index (χ2v) is 4.11. The Bertz CT molecular complexity index is 153. The molecule has 0 aromatic rings. The first-order chi connectivity index (χ1) is 5.00. The normalized spacial score (nSPS) is 32.4. The lowest BCUT2D eigenvalue weighted by Gasteiger charge is -2.28. The maximum absolute atomic E-state index is 13.4. The third-order valence-corrected chi connectivity index (χ3v) is 2.49. The summed E-state index contributed by atoms with van der Waals surface area (Å²) in [7, 11) is 0. The first-order valence-electron chi connectivity index (χ1n) is 4.37. The third kappa shape index (κ3) is 2.32. The molecule has 0 saturated heterocycles. The van der Waals surface area contributed by atoms with Crippen LogP contribution in [0.1, 0.15) is 33.6 Å². The molecule has 0 radical (unpaired) electrons. The summed E-state index contributed by atoms with van der Waals surface area (Å²) in [5.74, 6) is 0.785. The number of rotatable bonds is 1. The van der Waals surface area contributed by atoms with E-state index in [1.54, 1.807) is 13.8 Å². The molecule has 1 rings (SSSR count). The smallest absolute Gasteiger partial charge is 0.111 e. The zero-order valence-electron chi connectivity index (χ0n) is 7.60. The maximum Gasteiger partial charge on any atom is 0.111 e. The summed E-state index contributed by atoms with van der Waals surface area (Å²) in [4.78, 5) is 0. The molecule has 1 aliphatic carbocycles. The molecule has 0 aromatic carbocycles. The topological polar surface area (TPSA) is 0 Å². The summed E-state index contributed by atoms with van der Waals surface area (Å²) >= 11 is 0. The van der Waals surface area contributed by atoms with Crippen molar-refractivity contribution in [2.45, 2.75) is 39.3 Å². The first-order valence-corrected chi connectivity index (χ1v) is 4.37. The van der Waals surface area contributed by atoms with Gasteiger partial charge in [0.1, 0.15) is 5.67 Å². The highest BCUT2D eigenvalue weighted by Gasteiger charge is 2.28. The summed E-state index contributed by atoms with van der Waals surface area (Å²) in [6.07, 6.45) is 6.30. The highest BCUT2D eigenvalue weighted by molar-refractivity contribution is 5.01. The van der Waals surface area contributed by atoms with Crippen LogP contribution in [0, 0.1) is 11.8 Å². The van der Waals surface area contributed by atoms with E-state index in [1.165, 1.54) is 0 Å². The second kappa shape index (κ2) is 2.96. The van der Waals surface area contributed by atoms with Gasteiger partial charge in [-0.05, 0) is 32.6 Å². The Kier molecular flexibility index (Phi) is 2.36. The van der Waals surface area contributed by atoms with Gasteiger partial charge in [-0.3, -0.25) is 0 Å². The van der Waals surface area contributed by atoms with E-state index in [1.807, 2.05) is 6.08 Å². The van der Waals surface area contributed by atoms with Crippen LogP contribution in [0.25, 0.3) is 0 Å². The minimum Gasteiger partial charge on any atom is -0.244 e. The van der Waals surface area contributed by atoms with Gasteiger partial charge in [0, 0.05) is 5.92 Å². The third-order valence-electron chi connectivity index (χ3n) is 2.49. The van der Waals surface area contributed by atoms with E-state index < -0.39 is 5.67 Å². The number of alkyl halides is 1. The van der Waals surface area contributed by atoms with Gasteiger partial charge in [-0.1, -0.05) is 19.1 Å². The summed E-state index contributed by atoms with van der Waals surface area (Å²) in [5.41, 5.74) is -1.03. The number of halogens is 1. The summed E-state index contributed by atoms with van der Waals surface area (Å²) < 4.78 is 13.4. The average molecular weight is 156 g/mol. The fourth-order valence-corrected chi connectivity index (χ4v) is 1.53. The van der Waals surface area contributed by atoms with E-state index >= 15 is 0 Å². The van der Waals surface area contributed by atoms with E-state index in [0.29, 0.717) is 5.92 Å². The molecule has 0 fully saturated rings. The molecule has 0 spiro atoms. The highest BCUT2D eigenvalue weighted by Crippen LogP contribution is 2.32. The molecular formula is C10H17F. The van der Waals surface area contributed by atoms with E-state index in [0.717, 1.165) is 12.8 Å². The Morgan fingerprint density at radius 2 is 1.91 bits per heavy atom. The molecule has 0 nitrogen and oxygen atoms in total. The lowest BCUT2D eigenvalue weighted by Crippen LogP contribution is -2.26. The van der Waals surface area contributed by atoms with Crippen LogP contribution in [-0.4, -0.2) is 5.67 Å². The fourth-order valence-electron chi connectivity index (χ4n) is 1.53. The van der Waals surface area contributed by atoms with Crippen molar-refractivity contribution < 1.29 is 4.39 Å². The predicted molar refractivity (Wildman–Crippen MR) is 46.2 cm³/mol. The molecular weight excluding hydrogens is 139 g/mol. The van der Waals surface area contributed by atoms with Gasteiger partial charge in [-0.15, -0.1) is 0 Å². The Hall–Kier alpha value is -0.330. The number of allylic oxidation sites excluding steroid dienone is 2. The molecule has 0 aliphatic heterocycles. The Morgan fingerprint density at radius 1 is 1.27 bits per heavy atom. The molecule has 0 heterocycles. The monoisotopic (exact) mass is 156 g/mol. The van der Waals surface area contributed by atoms with Crippen molar-refractivity contribution in [1.82, 2.24) is 0 Å². The van der Waals surface area contributed by atoms with E-state index in [9.17, 15) is 4.39 Å². The van der Waals surface area contributed by atoms with Crippen LogP contribution in [0.3, 0.4) is 0 Å². The predicted octanol–water partition coefficient (Wildman–Crippen LogP) is 3.34. The van der Waals surface area contributed by atoms with Crippen LogP contribution in [0.2, 0.25) is 0 Å². The van der Waals surface area contributed by atoms with Gasteiger partial charge in [0.25, 0.3) is 0 Å². The first kappa shape index (κ1) is 8.76. The standard InChI is InChI=1S/C10H17F/c1-8-4-6-9(7-5-8)10(2,3)11/h4,6,8-9H,5,7H2,1-3H3/t8-,9+/m1/s1. The van der Waals surface area contributed by atoms with Gasteiger partial charge < -0.3 is 0 Å². The number of hydrogen-bond donors (Lipinski definition) is 0. The van der Waals surface area contributed by atoms with E-state index in [4.69, 9.17) is 0 Å². The highest BCUT2D eigenvalue weighted by atomic mass is 19.1. The van der Waals surface area contributed by atoms with Crippen molar-refractivity contribution in [3.05, 3.63) is 12.2 Å². The molecule has 0 bridgehead atoms. The minimum absolute atomic E-state index is 0.138. The minimum atomic E-state index is -1.03. The van der Waals surface area contributed by atoms with Crippen molar-refractivity contribution in [2.24, 2.45) is 11.8 Å². The molecule has 0 saturated carbocycles. The zero-order chi connectivity index (χ0) is 8.48. The summed E-state index contributed by atoms with van der Waals surface area (Å²) in [6, 6.07) is 0. The molecule has 11 heavy (non-hydrogen) atoms. The molecule has 0 N–H and O–H groups in total. The lowest BCUT2D eigenvalue weighted by atomic mass is 9.81. The summed E-state index contributed by atoms with van der Waals surface area (Å²) in [6.45, 7) is 5.51. The Balaban J connectivity index is 2.57. The van der Waals surface area contributed by atoms with Crippen LogP contribution in [-0.2, 0) is 0 Å². The van der Waals surface area contributed by atoms with Gasteiger partial charge >= 0.3 is 0 Å². The second-order valence-electron chi connectivity index (χ2n) is 4.11. The molecule has 64 valence electrons. The fraction of sp³-hybridized carbons (Fsp3) is 0.800. The van der Waals surface area contributed by atoms with Gasteiger partial charge in [-0.25, -0.2) is 4.39 Å². The van der Waals surface area contributed by atoms with E-state index in [2.05, 4.69) is 13.0 Å². The molecule has 1 aliphatic rings. The Labute approximate surface area is 68.5 Å². The van der Waals surface area contributed by atoms with Crippen molar-refractivity contribution >= 4 is 0 Å². The van der Waals surface area contributed by atoms with Crippen LogP contribution in [0.15, 0.2) is 12.2 Å². The van der Waals surface area contributed by atoms with Crippen molar-refractivity contribution in [3.8, 4) is 0 Å². The average Bonchev–Trinajstić information content (AvgIpc) is 1.86. The molecule has 0 aromatic heterocycles. The van der Waals surface area contributed by atoms with Gasteiger partial charge in [0.05, 0.1) is 0 Å².